The van der Waals surface area contributed by atoms with Gasteiger partial charge in [-0.05, 0) is 56.3 Å². The van der Waals surface area contributed by atoms with Crippen LogP contribution >= 0.6 is 0 Å². The lowest BCUT2D eigenvalue weighted by atomic mass is 10.0. The molecule has 0 heterocycles. The highest BCUT2D eigenvalue weighted by Gasteiger charge is 2.30. The van der Waals surface area contributed by atoms with Gasteiger partial charge in [0.25, 0.3) is 0 Å². The number of amides is 3. The molecule has 0 fully saturated rings. The van der Waals surface area contributed by atoms with E-state index in [1.54, 1.807) is 24.3 Å². The maximum absolute atomic E-state index is 13.3. The fourth-order valence-corrected chi connectivity index (χ4v) is 4.01. The molecule has 0 saturated heterocycles. The molecule has 0 aliphatic carbocycles. The lowest BCUT2D eigenvalue weighted by Crippen LogP contribution is -2.57. The molecule has 2 unspecified atom stereocenters. The number of nitrogens with one attached hydrogen (secondary N) is 3. The van der Waals surface area contributed by atoms with Gasteiger partial charge in [-0.15, -0.1) is 0 Å². The van der Waals surface area contributed by atoms with E-state index in [4.69, 9.17) is 17.2 Å². The van der Waals surface area contributed by atoms with E-state index in [9.17, 15) is 24.3 Å². The first-order valence-electron chi connectivity index (χ1n) is 13.1. The summed E-state index contributed by atoms with van der Waals surface area (Å²) in [5.41, 5.74) is 18.9. The highest BCUT2D eigenvalue weighted by molar-refractivity contribution is 5.94. The molecule has 2 aromatic rings. The number of benzene rings is 2. The van der Waals surface area contributed by atoms with E-state index in [1.807, 2.05) is 36.4 Å². The summed E-state index contributed by atoms with van der Waals surface area (Å²) in [6.45, 7) is 0.573. The Balaban J connectivity index is 2.17. The Bertz CT molecular complexity index is 1050. The molecule has 212 valence electrons. The van der Waals surface area contributed by atoms with Gasteiger partial charge in [0.1, 0.15) is 18.1 Å². The summed E-state index contributed by atoms with van der Waals surface area (Å²) in [6, 6.07) is 14.2. The lowest BCUT2D eigenvalue weighted by molar-refractivity contribution is -0.142. The minimum atomic E-state index is -1.19. The first-order valence-corrected chi connectivity index (χ1v) is 13.1. The maximum atomic E-state index is 13.3. The molecule has 4 atom stereocenters. The monoisotopic (exact) mass is 540 g/mol. The second-order valence-corrected chi connectivity index (χ2v) is 9.37. The van der Waals surface area contributed by atoms with Crippen molar-refractivity contribution in [2.75, 3.05) is 13.1 Å². The summed E-state index contributed by atoms with van der Waals surface area (Å²) in [7, 11) is 0. The standard InChI is InChI=1S/C28H40N6O5/c29-15-7-13-22(32-25(35)21(31)17-19-9-3-1-4-10-19)26(36)34-24(18-20-11-5-2-6-12-20)27(37)33-23(28(38)39)14-8-16-30/h1-6,9-12,21-24H,7-8,13-18,29-31H2,(H,32,35)(H,33,37)(H,34,36)(H,38,39)/t21-,22?,23?,24-/m0/s1. The van der Waals surface area contributed by atoms with Crippen LogP contribution < -0.4 is 33.2 Å². The number of carbonyl (C=O) groups excluding carboxylic acids is 3. The van der Waals surface area contributed by atoms with Crippen LogP contribution in [0.15, 0.2) is 60.7 Å². The number of nitrogens with two attached hydrogens (primary N) is 3. The van der Waals surface area contributed by atoms with Crippen molar-refractivity contribution in [3.63, 3.8) is 0 Å². The molecule has 3 amide bonds. The van der Waals surface area contributed by atoms with Crippen LogP contribution in [0, 0.1) is 0 Å². The number of hydrogen-bond donors (Lipinski definition) is 7. The Hall–Kier alpha value is -3.80. The van der Waals surface area contributed by atoms with Gasteiger partial charge in [0.2, 0.25) is 17.7 Å². The molecule has 0 aliphatic rings. The van der Waals surface area contributed by atoms with Crippen molar-refractivity contribution in [1.82, 2.24) is 16.0 Å². The molecule has 11 heteroatoms. The van der Waals surface area contributed by atoms with Crippen molar-refractivity contribution in [2.24, 2.45) is 17.2 Å². The van der Waals surface area contributed by atoms with E-state index in [2.05, 4.69) is 16.0 Å². The van der Waals surface area contributed by atoms with Gasteiger partial charge in [-0.2, -0.15) is 0 Å². The van der Waals surface area contributed by atoms with E-state index < -0.39 is 47.9 Å². The Labute approximate surface area is 228 Å². The van der Waals surface area contributed by atoms with Gasteiger partial charge in [-0.3, -0.25) is 14.4 Å². The van der Waals surface area contributed by atoms with Crippen molar-refractivity contribution in [1.29, 1.82) is 0 Å². The quantitative estimate of drug-likeness (QED) is 0.143. The number of aliphatic carboxylic acids is 1. The van der Waals surface area contributed by atoms with Crippen LogP contribution in [0.1, 0.15) is 36.8 Å². The van der Waals surface area contributed by atoms with Gasteiger partial charge >= 0.3 is 5.97 Å². The molecule has 2 rings (SSSR count). The summed E-state index contributed by atoms with van der Waals surface area (Å²) >= 11 is 0. The van der Waals surface area contributed by atoms with Gasteiger partial charge in [0, 0.05) is 6.42 Å². The highest BCUT2D eigenvalue weighted by Crippen LogP contribution is 2.08. The number of carboxylic acids is 1. The summed E-state index contributed by atoms with van der Waals surface area (Å²) in [5, 5.41) is 17.4. The molecular weight excluding hydrogens is 500 g/mol. The second-order valence-electron chi connectivity index (χ2n) is 9.37. The molecule has 11 nitrogen and oxygen atoms in total. The van der Waals surface area contributed by atoms with E-state index in [1.165, 1.54) is 0 Å². The van der Waals surface area contributed by atoms with Crippen LogP contribution in [0.5, 0.6) is 0 Å². The SMILES string of the molecule is NCCCC(NC(=O)[C@H](Cc1ccccc1)NC(=O)C(CCCN)NC(=O)[C@@H](N)Cc1ccccc1)C(=O)O. The molecule has 0 radical (unpaired) electrons. The molecule has 0 spiro atoms. The maximum Gasteiger partial charge on any atom is 0.326 e. The fourth-order valence-electron chi connectivity index (χ4n) is 4.01. The summed E-state index contributed by atoms with van der Waals surface area (Å²) in [6.07, 6.45) is 1.65. The van der Waals surface area contributed by atoms with Crippen molar-refractivity contribution < 1.29 is 24.3 Å². The molecular formula is C28H40N6O5. The average molecular weight is 541 g/mol. The van der Waals surface area contributed by atoms with Gasteiger partial charge in [0.15, 0.2) is 0 Å². The van der Waals surface area contributed by atoms with Crippen molar-refractivity contribution in [3.05, 3.63) is 71.8 Å². The Morgan fingerprint density at radius 1 is 0.641 bits per heavy atom. The van der Waals surface area contributed by atoms with Crippen LogP contribution in [-0.4, -0.2) is 66.1 Å². The molecule has 2 aromatic carbocycles. The third kappa shape index (κ3) is 11.2. The van der Waals surface area contributed by atoms with Crippen molar-refractivity contribution in [2.45, 2.75) is 62.7 Å². The minimum Gasteiger partial charge on any atom is -0.480 e. The second kappa shape index (κ2) is 16.9. The molecule has 0 aromatic heterocycles. The Morgan fingerprint density at radius 3 is 1.59 bits per heavy atom. The highest BCUT2D eigenvalue weighted by atomic mass is 16.4. The zero-order valence-electron chi connectivity index (χ0n) is 22.1. The van der Waals surface area contributed by atoms with E-state index >= 15 is 0 Å². The van der Waals surface area contributed by atoms with E-state index in [0.717, 1.165) is 11.1 Å². The molecule has 39 heavy (non-hydrogen) atoms. The molecule has 0 bridgehead atoms. The zero-order valence-corrected chi connectivity index (χ0v) is 22.1. The van der Waals surface area contributed by atoms with Crippen LogP contribution in [0.2, 0.25) is 0 Å². The van der Waals surface area contributed by atoms with E-state index in [0.29, 0.717) is 19.4 Å². The zero-order chi connectivity index (χ0) is 28.6. The van der Waals surface area contributed by atoms with Crippen molar-refractivity contribution in [3.8, 4) is 0 Å². The Morgan fingerprint density at radius 2 is 1.08 bits per heavy atom. The third-order valence-electron chi connectivity index (χ3n) is 6.19. The summed E-state index contributed by atoms with van der Waals surface area (Å²) in [5.74, 6) is -2.94. The van der Waals surface area contributed by atoms with Gasteiger partial charge in [-0.25, -0.2) is 4.79 Å². The summed E-state index contributed by atoms with van der Waals surface area (Å²) in [4.78, 5) is 51.1. The molecule has 10 N–H and O–H groups in total. The number of hydrogen-bond acceptors (Lipinski definition) is 7. The minimum absolute atomic E-state index is 0.118. The summed E-state index contributed by atoms with van der Waals surface area (Å²) < 4.78 is 0. The predicted molar refractivity (Wildman–Crippen MR) is 148 cm³/mol. The molecule has 0 aliphatic heterocycles. The normalized spacial score (nSPS) is 13.9. The largest absolute Gasteiger partial charge is 0.480 e. The van der Waals surface area contributed by atoms with Crippen molar-refractivity contribution >= 4 is 23.7 Å². The van der Waals surface area contributed by atoms with E-state index in [-0.39, 0.29) is 32.2 Å². The first-order chi connectivity index (χ1) is 18.7. The smallest absolute Gasteiger partial charge is 0.326 e. The van der Waals surface area contributed by atoms with Crippen LogP contribution in [0.4, 0.5) is 0 Å². The lowest BCUT2D eigenvalue weighted by Gasteiger charge is -2.25. The molecule has 0 saturated carbocycles. The van der Waals surface area contributed by atoms with Gasteiger partial charge < -0.3 is 38.3 Å². The van der Waals surface area contributed by atoms with Crippen LogP contribution in [-0.2, 0) is 32.0 Å². The fraction of sp³-hybridized carbons (Fsp3) is 0.429. The Kier molecular flexibility index (Phi) is 13.6. The topological polar surface area (TPSA) is 203 Å². The van der Waals surface area contributed by atoms with Crippen LogP contribution in [0.3, 0.4) is 0 Å². The number of carboxylic acid groups (broad SMARTS) is 1. The number of carbonyl (C=O) groups is 4. The number of rotatable bonds is 17. The predicted octanol–water partition coefficient (Wildman–Crippen LogP) is -0.184. The van der Waals surface area contributed by atoms with Crippen LogP contribution in [0.25, 0.3) is 0 Å². The van der Waals surface area contributed by atoms with Gasteiger partial charge in [-0.1, -0.05) is 60.7 Å². The third-order valence-corrected chi connectivity index (χ3v) is 6.19. The average Bonchev–Trinajstić information content (AvgIpc) is 2.93. The van der Waals surface area contributed by atoms with Gasteiger partial charge in [0.05, 0.1) is 6.04 Å². The first kappa shape index (κ1) is 31.4.